The second-order valence-electron chi connectivity index (χ2n) is 6.47. The largest absolute Gasteiger partial charge is 0.497 e. The van der Waals surface area contributed by atoms with Gasteiger partial charge in [0, 0.05) is 6.07 Å². The monoisotopic (exact) mass is 299 g/mol. The van der Waals surface area contributed by atoms with Gasteiger partial charge in [0.2, 0.25) is 11.8 Å². The van der Waals surface area contributed by atoms with E-state index in [1.165, 1.54) is 4.90 Å². The molecule has 3 aliphatic heterocycles. The summed E-state index contributed by atoms with van der Waals surface area (Å²) in [7, 11) is 1.56. The van der Waals surface area contributed by atoms with Crippen molar-refractivity contribution >= 4 is 17.5 Å². The number of carbonyl (C=O) groups excluding carboxylic acids is 2. The van der Waals surface area contributed by atoms with E-state index in [0.717, 1.165) is 0 Å². The number of nitrogens with zero attached hydrogens (tertiary/aromatic N) is 1. The third-order valence-corrected chi connectivity index (χ3v) is 5.04. The maximum absolute atomic E-state index is 12.9. The van der Waals surface area contributed by atoms with Gasteiger partial charge in [0.05, 0.1) is 35.8 Å². The normalized spacial score (nSPS) is 38.8. The molecule has 4 rings (SSSR count). The van der Waals surface area contributed by atoms with E-state index in [9.17, 15) is 9.59 Å². The third kappa shape index (κ3) is 1.47. The quantitative estimate of drug-likeness (QED) is 0.618. The molecule has 2 saturated heterocycles. The highest BCUT2D eigenvalue weighted by Gasteiger charge is 2.70. The van der Waals surface area contributed by atoms with Crippen LogP contribution >= 0.6 is 0 Å². The van der Waals surface area contributed by atoms with Crippen LogP contribution in [0.5, 0.6) is 5.75 Å². The van der Waals surface area contributed by atoms with E-state index in [-0.39, 0.29) is 11.8 Å². The van der Waals surface area contributed by atoms with Crippen LogP contribution in [0.2, 0.25) is 0 Å². The second-order valence-corrected chi connectivity index (χ2v) is 6.47. The highest BCUT2D eigenvalue weighted by Crippen LogP contribution is 2.57. The fourth-order valence-electron chi connectivity index (χ4n) is 4.04. The van der Waals surface area contributed by atoms with Gasteiger partial charge in [-0.2, -0.15) is 0 Å². The van der Waals surface area contributed by atoms with Crippen molar-refractivity contribution in [2.75, 3.05) is 12.0 Å². The van der Waals surface area contributed by atoms with Crippen molar-refractivity contribution < 1.29 is 19.1 Å². The number of carbonyl (C=O) groups is 2. The number of ether oxygens (including phenoxy) is 2. The molecule has 3 heterocycles. The van der Waals surface area contributed by atoms with Crippen molar-refractivity contribution in [2.24, 2.45) is 11.8 Å². The molecule has 0 N–H and O–H groups in total. The molecule has 0 saturated carbocycles. The summed E-state index contributed by atoms with van der Waals surface area (Å²) in [6, 6.07) is 7.01. The number of hydrogen-bond donors (Lipinski definition) is 0. The van der Waals surface area contributed by atoms with Crippen molar-refractivity contribution in [3.63, 3.8) is 0 Å². The number of fused-ring (bicyclic) bond motifs is 5. The fraction of sp³-hybridized carbons (Fsp3) is 0.412. The molecule has 3 aliphatic rings. The summed E-state index contributed by atoms with van der Waals surface area (Å²) in [5, 5.41) is 0. The first-order valence-electron chi connectivity index (χ1n) is 7.32. The van der Waals surface area contributed by atoms with E-state index >= 15 is 0 Å². The number of hydrogen-bond acceptors (Lipinski definition) is 4. The topological polar surface area (TPSA) is 55.8 Å². The third-order valence-electron chi connectivity index (χ3n) is 5.04. The van der Waals surface area contributed by atoms with Crippen LogP contribution in [0.1, 0.15) is 13.8 Å². The lowest BCUT2D eigenvalue weighted by atomic mass is 9.73. The van der Waals surface area contributed by atoms with Crippen LogP contribution < -0.4 is 9.64 Å². The summed E-state index contributed by atoms with van der Waals surface area (Å²) in [6.07, 6.45) is 3.82. The van der Waals surface area contributed by atoms with Gasteiger partial charge in [0.15, 0.2) is 0 Å². The Labute approximate surface area is 128 Å². The molecule has 0 aliphatic carbocycles. The average Bonchev–Trinajstić information content (AvgIpc) is 3.04. The number of imide groups is 1. The van der Waals surface area contributed by atoms with Crippen LogP contribution in [0.4, 0.5) is 5.69 Å². The van der Waals surface area contributed by atoms with E-state index in [2.05, 4.69) is 0 Å². The number of anilines is 1. The molecule has 1 aromatic rings. The fourth-order valence-corrected chi connectivity index (χ4v) is 4.04. The molecular formula is C17H17NO4. The molecule has 2 bridgehead atoms. The first kappa shape index (κ1) is 13.5. The van der Waals surface area contributed by atoms with Gasteiger partial charge in [-0.25, -0.2) is 4.90 Å². The van der Waals surface area contributed by atoms with Crippen LogP contribution in [0.3, 0.4) is 0 Å². The maximum atomic E-state index is 12.9. The van der Waals surface area contributed by atoms with Gasteiger partial charge in [0.25, 0.3) is 0 Å². The summed E-state index contributed by atoms with van der Waals surface area (Å²) in [6.45, 7) is 3.75. The first-order valence-corrected chi connectivity index (χ1v) is 7.32. The Balaban J connectivity index is 1.79. The Morgan fingerprint density at radius 3 is 2.23 bits per heavy atom. The number of benzene rings is 1. The van der Waals surface area contributed by atoms with E-state index < -0.39 is 23.0 Å². The minimum Gasteiger partial charge on any atom is -0.497 e. The predicted molar refractivity (Wildman–Crippen MR) is 79.5 cm³/mol. The molecule has 1 aromatic carbocycles. The Morgan fingerprint density at radius 1 is 1.09 bits per heavy atom. The molecule has 114 valence electrons. The Kier molecular flexibility index (Phi) is 2.45. The summed E-state index contributed by atoms with van der Waals surface area (Å²) in [5.74, 6) is -0.690. The van der Waals surface area contributed by atoms with Gasteiger partial charge in [-0.1, -0.05) is 18.2 Å². The zero-order valence-electron chi connectivity index (χ0n) is 12.7. The van der Waals surface area contributed by atoms with Gasteiger partial charge in [0.1, 0.15) is 5.75 Å². The number of amides is 2. The Bertz CT molecular complexity index is 691. The van der Waals surface area contributed by atoms with Gasteiger partial charge in [-0.15, -0.1) is 0 Å². The minimum absolute atomic E-state index is 0.196. The highest BCUT2D eigenvalue weighted by atomic mass is 16.5. The molecule has 0 radical (unpaired) electrons. The summed E-state index contributed by atoms with van der Waals surface area (Å²) in [4.78, 5) is 27.1. The molecule has 2 amide bonds. The van der Waals surface area contributed by atoms with Crippen molar-refractivity contribution in [1.29, 1.82) is 0 Å². The SMILES string of the molecule is COc1cccc(N2C(=O)[C@H]3[C@H](C2=O)[C@]2(C)C=C[C@]3(C)O2)c1. The molecule has 0 aromatic heterocycles. The molecule has 5 nitrogen and oxygen atoms in total. The minimum atomic E-state index is -0.695. The van der Waals surface area contributed by atoms with Crippen molar-refractivity contribution in [2.45, 2.75) is 25.0 Å². The van der Waals surface area contributed by atoms with Gasteiger partial charge < -0.3 is 9.47 Å². The van der Waals surface area contributed by atoms with Crippen molar-refractivity contribution in [3.8, 4) is 5.75 Å². The van der Waals surface area contributed by atoms with Crippen LogP contribution in [-0.4, -0.2) is 30.1 Å². The van der Waals surface area contributed by atoms with E-state index in [0.29, 0.717) is 11.4 Å². The lowest BCUT2D eigenvalue weighted by Gasteiger charge is -2.25. The summed E-state index contributed by atoms with van der Waals surface area (Å²) >= 11 is 0. The van der Waals surface area contributed by atoms with E-state index in [1.54, 1.807) is 31.4 Å². The average molecular weight is 299 g/mol. The highest BCUT2D eigenvalue weighted by molar-refractivity contribution is 6.23. The molecule has 5 heteroatoms. The second kappa shape index (κ2) is 3.98. The van der Waals surface area contributed by atoms with Crippen molar-refractivity contribution in [1.82, 2.24) is 0 Å². The summed E-state index contributed by atoms with van der Waals surface area (Å²) < 4.78 is 11.2. The lowest BCUT2D eigenvalue weighted by Crippen LogP contribution is -2.39. The van der Waals surface area contributed by atoms with Crippen LogP contribution in [0.15, 0.2) is 36.4 Å². The van der Waals surface area contributed by atoms with Crippen molar-refractivity contribution in [3.05, 3.63) is 36.4 Å². The van der Waals surface area contributed by atoms with Gasteiger partial charge in [-0.05, 0) is 26.0 Å². The smallest absolute Gasteiger partial charge is 0.241 e. The van der Waals surface area contributed by atoms with Crippen LogP contribution in [0.25, 0.3) is 0 Å². The number of methoxy groups -OCH3 is 1. The molecule has 22 heavy (non-hydrogen) atoms. The van der Waals surface area contributed by atoms with Crippen LogP contribution in [0, 0.1) is 11.8 Å². The standard InChI is InChI=1S/C17H17NO4/c1-16-7-8-17(2,22-16)13-12(16)14(19)18(15(13)20)10-5-4-6-11(9-10)21-3/h4-9,12-13H,1-3H3/t12-,13-,16+,17+/m1/s1. The first-order chi connectivity index (χ1) is 10.4. The molecular weight excluding hydrogens is 282 g/mol. The lowest BCUT2D eigenvalue weighted by molar-refractivity contribution is -0.128. The summed E-state index contributed by atoms with van der Waals surface area (Å²) in [5.41, 5.74) is -0.838. The molecule has 0 spiro atoms. The van der Waals surface area contributed by atoms with Crippen LogP contribution in [-0.2, 0) is 14.3 Å². The zero-order valence-corrected chi connectivity index (χ0v) is 12.7. The number of rotatable bonds is 2. The van der Waals surface area contributed by atoms with Gasteiger partial charge in [-0.3, -0.25) is 9.59 Å². The maximum Gasteiger partial charge on any atom is 0.241 e. The Hall–Kier alpha value is -2.14. The molecule has 0 unspecified atom stereocenters. The Morgan fingerprint density at radius 2 is 1.68 bits per heavy atom. The van der Waals surface area contributed by atoms with E-state index in [4.69, 9.17) is 9.47 Å². The molecule has 2 fully saturated rings. The predicted octanol–water partition coefficient (Wildman–Crippen LogP) is 1.92. The molecule has 4 atom stereocenters. The van der Waals surface area contributed by atoms with E-state index in [1.807, 2.05) is 26.0 Å². The van der Waals surface area contributed by atoms with Gasteiger partial charge >= 0.3 is 0 Å². The zero-order chi connectivity index (χ0) is 15.7.